The first-order valence-electron chi connectivity index (χ1n) is 9.11. The second-order valence-corrected chi connectivity index (χ2v) is 11.2. The predicted octanol–water partition coefficient (Wildman–Crippen LogP) is 3.06. The van der Waals surface area contributed by atoms with E-state index in [1.165, 1.54) is 33.6 Å². The minimum atomic E-state index is -3.38. The molecule has 1 saturated heterocycles. The Hall–Kier alpha value is -1.55. The largest absolute Gasteiger partial charge is 0.353 e. The van der Waals surface area contributed by atoms with Crippen LogP contribution in [0.3, 0.4) is 0 Å². The summed E-state index contributed by atoms with van der Waals surface area (Å²) in [4.78, 5) is 14.2. The van der Waals surface area contributed by atoms with E-state index >= 15 is 0 Å². The van der Waals surface area contributed by atoms with Gasteiger partial charge in [0.1, 0.15) is 20.7 Å². The van der Waals surface area contributed by atoms with Crippen molar-refractivity contribution in [3.05, 3.63) is 33.8 Å². The lowest BCUT2D eigenvalue weighted by atomic mass is 10.1. The van der Waals surface area contributed by atoms with Crippen LogP contribution in [-0.2, 0) is 22.9 Å². The van der Waals surface area contributed by atoms with E-state index < -0.39 is 10.0 Å². The Morgan fingerprint density at radius 2 is 1.93 bits per heavy atom. The number of piperazine rings is 1. The third kappa shape index (κ3) is 2.88. The summed E-state index contributed by atoms with van der Waals surface area (Å²) in [5.41, 5.74) is 1.42. The number of fused-ring (bicyclic) bond motifs is 3. The maximum Gasteiger partial charge on any atom is 0.252 e. The maximum absolute atomic E-state index is 12.8. The molecule has 3 aromatic heterocycles. The Balaban J connectivity index is 1.45. The van der Waals surface area contributed by atoms with Gasteiger partial charge in [-0.3, -0.25) is 0 Å². The average molecular weight is 421 g/mol. The van der Waals surface area contributed by atoms with E-state index in [0.717, 1.165) is 29.3 Å². The molecule has 0 bridgehead atoms. The van der Waals surface area contributed by atoms with Crippen molar-refractivity contribution in [2.45, 2.75) is 30.4 Å². The van der Waals surface area contributed by atoms with Gasteiger partial charge in [0.15, 0.2) is 0 Å². The molecule has 0 N–H and O–H groups in total. The summed E-state index contributed by atoms with van der Waals surface area (Å²) >= 11 is 3.08. The molecular formula is C18H20N4O2S3. The standard InChI is InChI=1S/C18H20N4O2S3/c1-12-19-17(16-13-4-2-5-14(13)26-18(16)20-12)21-7-9-22(10-8-21)27(23,24)15-6-3-11-25-15/h3,6,11H,2,4-5,7-10H2,1H3. The minimum absolute atomic E-state index is 0.423. The lowest BCUT2D eigenvalue weighted by Crippen LogP contribution is -2.48. The van der Waals surface area contributed by atoms with Crippen molar-refractivity contribution in [1.82, 2.24) is 14.3 Å². The highest BCUT2D eigenvalue weighted by molar-refractivity contribution is 7.91. The number of hydrogen-bond acceptors (Lipinski definition) is 7. The molecule has 9 heteroatoms. The fraction of sp³-hybridized carbons (Fsp3) is 0.444. The molecule has 2 aliphatic rings. The smallest absolute Gasteiger partial charge is 0.252 e. The van der Waals surface area contributed by atoms with Crippen LogP contribution in [-0.4, -0.2) is 48.9 Å². The molecule has 0 aromatic carbocycles. The Bertz CT molecular complexity index is 1100. The molecule has 1 fully saturated rings. The van der Waals surface area contributed by atoms with Gasteiger partial charge in [0.05, 0.1) is 5.39 Å². The van der Waals surface area contributed by atoms with Crippen LogP contribution in [0.2, 0.25) is 0 Å². The Morgan fingerprint density at radius 3 is 2.67 bits per heavy atom. The highest BCUT2D eigenvalue weighted by Gasteiger charge is 2.31. The van der Waals surface area contributed by atoms with Gasteiger partial charge in [-0.15, -0.1) is 22.7 Å². The summed E-state index contributed by atoms with van der Waals surface area (Å²) in [5, 5.41) is 3.01. The van der Waals surface area contributed by atoms with Gasteiger partial charge in [0.25, 0.3) is 10.0 Å². The molecule has 0 spiro atoms. The van der Waals surface area contributed by atoms with Gasteiger partial charge >= 0.3 is 0 Å². The van der Waals surface area contributed by atoms with Crippen LogP contribution >= 0.6 is 22.7 Å². The van der Waals surface area contributed by atoms with Crippen LogP contribution in [0.5, 0.6) is 0 Å². The molecule has 5 rings (SSSR count). The van der Waals surface area contributed by atoms with E-state index in [2.05, 4.69) is 9.88 Å². The monoisotopic (exact) mass is 420 g/mol. The zero-order chi connectivity index (χ0) is 18.6. The van der Waals surface area contributed by atoms with Crippen molar-refractivity contribution in [3.63, 3.8) is 0 Å². The Labute approximate surface area is 166 Å². The van der Waals surface area contributed by atoms with Crippen molar-refractivity contribution < 1.29 is 8.42 Å². The lowest BCUT2D eigenvalue weighted by molar-refractivity contribution is 0.385. The third-order valence-electron chi connectivity index (χ3n) is 5.28. The summed E-state index contributed by atoms with van der Waals surface area (Å²) in [6.07, 6.45) is 3.44. The zero-order valence-corrected chi connectivity index (χ0v) is 17.5. The summed E-state index contributed by atoms with van der Waals surface area (Å²) in [6, 6.07) is 3.46. The van der Waals surface area contributed by atoms with Gasteiger partial charge in [-0.1, -0.05) is 6.07 Å². The molecule has 4 heterocycles. The van der Waals surface area contributed by atoms with Crippen molar-refractivity contribution in [2.75, 3.05) is 31.1 Å². The molecule has 0 amide bonds. The van der Waals surface area contributed by atoms with Crippen LogP contribution < -0.4 is 4.90 Å². The average Bonchev–Trinajstić information content (AvgIpc) is 3.38. The van der Waals surface area contributed by atoms with Gasteiger partial charge in [0.2, 0.25) is 0 Å². The van der Waals surface area contributed by atoms with E-state index in [4.69, 9.17) is 4.98 Å². The van der Waals surface area contributed by atoms with Gasteiger partial charge in [-0.05, 0) is 43.2 Å². The first kappa shape index (κ1) is 17.5. The minimum Gasteiger partial charge on any atom is -0.353 e. The number of aromatic nitrogens is 2. The molecule has 142 valence electrons. The predicted molar refractivity (Wildman–Crippen MR) is 109 cm³/mol. The number of hydrogen-bond donors (Lipinski definition) is 0. The summed E-state index contributed by atoms with van der Waals surface area (Å²) in [6.45, 7) is 4.21. The summed E-state index contributed by atoms with van der Waals surface area (Å²) in [5.74, 6) is 1.77. The molecule has 1 aliphatic carbocycles. The summed E-state index contributed by atoms with van der Waals surface area (Å²) < 4.78 is 27.5. The van der Waals surface area contributed by atoms with Gasteiger partial charge in [-0.25, -0.2) is 18.4 Å². The second kappa shape index (κ2) is 6.51. The zero-order valence-electron chi connectivity index (χ0n) is 15.0. The van der Waals surface area contributed by atoms with Gasteiger partial charge < -0.3 is 4.90 Å². The highest BCUT2D eigenvalue weighted by Crippen LogP contribution is 2.40. The lowest BCUT2D eigenvalue weighted by Gasteiger charge is -2.34. The molecule has 0 atom stereocenters. The quantitative estimate of drug-likeness (QED) is 0.652. The fourth-order valence-electron chi connectivity index (χ4n) is 3.99. The van der Waals surface area contributed by atoms with Gasteiger partial charge in [-0.2, -0.15) is 4.31 Å². The normalized spacial score (nSPS) is 18.3. The first-order valence-corrected chi connectivity index (χ1v) is 12.2. The van der Waals surface area contributed by atoms with E-state index in [1.807, 2.05) is 6.92 Å². The number of aryl methyl sites for hydroxylation is 3. The number of thiophene rings is 2. The van der Waals surface area contributed by atoms with Crippen molar-refractivity contribution in [3.8, 4) is 0 Å². The van der Waals surface area contributed by atoms with Gasteiger partial charge in [0, 0.05) is 31.1 Å². The number of nitrogens with zero attached hydrogens (tertiary/aromatic N) is 4. The van der Waals surface area contributed by atoms with Crippen LogP contribution in [0.4, 0.5) is 5.82 Å². The first-order chi connectivity index (χ1) is 13.0. The molecular weight excluding hydrogens is 400 g/mol. The van der Waals surface area contributed by atoms with Crippen molar-refractivity contribution in [1.29, 1.82) is 0 Å². The number of rotatable bonds is 3. The number of sulfonamides is 1. The second-order valence-electron chi connectivity index (χ2n) is 6.96. The van der Waals surface area contributed by atoms with Crippen LogP contribution in [0, 0.1) is 6.92 Å². The molecule has 1 aliphatic heterocycles. The SMILES string of the molecule is Cc1nc(N2CCN(S(=O)(=O)c3cccs3)CC2)c2c3c(sc2n1)CCC3. The maximum atomic E-state index is 12.8. The van der Waals surface area contributed by atoms with E-state index in [1.54, 1.807) is 33.2 Å². The molecule has 27 heavy (non-hydrogen) atoms. The molecule has 0 unspecified atom stereocenters. The van der Waals surface area contributed by atoms with E-state index in [0.29, 0.717) is 30.4 Å². The van der Waals surface area contributed by atoms with E-state index in [9.17, 15) is 8.42 Å². The summed E-state index contributed by atoms with van der Waals surface area (Å²) in [7, 11) is -3.38. The number of anilines is 1. The fourth-order valence-corrected chi connectivity index (χ4v) is 7.86. The Morgan fingerprint density at radius 1 is 1.11 bits per heavy atom. The van der Waals surface area contributed by atoms with E-state index in [-0.39, 0.29) is 0 Å². The van der Waals surface area contributed by atoms with Crippen LogP contribution in [0.25, 0.3) is 10.2 Å². The molecule has 3 aromatic rings. The molecule has 6 nitrogen and oxygen atoms in total. The topological polar surface area (TPSA) is 66.4 Å². The van der Waals surface area contributed by atoms with Crippen LogP contribution in [0.1, 0.15) is 22.7 Å². The van der Waals surface area contributed by atoms with Crippen molar-refractivity contribution >= 4 is 48.7 Å². The van der Waals surface area contributed by atoms with Crippen LogP contribution in [0.15, 0.2) is 21.7 Å². The third-order valence-corrected chi connectivity index (χ3v) is 9.74. The Kier molecular flexibility index (Phi) is 4.23. The molecule has 0 radical (unpaired) electrons. The highest BCUT2D eigenvalue weighted by atomic mass is 32.2. The van der Waals surface area contributed by atoms with Crippen molar-refractivity contribution in [2.24, 2.45) is 0 Å². The molecule has 0 saturated carbocycles.